The van der Waals surface area contributed by atoms with Gasteiger partial charge in [0.1, 0.15) is 11.5 Å². The van der Waals surface area contributed by atoms with E-state index >= 15 is 0 Å². The number of hydrogen-bond donors (Lipinski definition) is 2. The Kier molecular flexibility index (Phi) is 5.88. The lowest BCUT2D eigenvalue weighted by molar-refractivity contribution is 0.0648. The number of hydrogen-bond acceptors (Lipinski definition) is 4. The molecule has 4 heteroatoms. The summed E-state index contributed by atoms with van der Waals surface area (Å²) in [5, 5.41) is 18.9. The lowest BCUT2D eigenvalue weighted by atomic mass is 9.85. The highest BCUT2D eigenvalue weighted by molar-refractivity contribution is 5.30. The molecule has 1 heterocycles. The molecule has 0 spiro atoms. The Bertz CT molecular complexity index is 411. The van der Waals surface area contributed by atoms with E-state index in [1.165, 1.54) is 0 Å². The first-order valence-corrected chi connectivity index (χ1v) is 7.87. The number of aliphatic hydroxyl groups excluding tert-OH is 1. The lowest BCUT2D eigenvalue weighted by Gasteiger charge is -2.37. The fourth-order valence-corrected chi connectivity index (χ4v) is 2.99. The molecular formula is C17H27NO3. The van der Waals surface area contributed by atoms with Gasteiger partial charge in [-0.15, -0.1) is 0 Å². The van der Waals surface area contributed by atoms with Gasteiger partial charge in [0, 0.05) is 18.6 Å². The van der Waals surface area contributed by atoms with E-state index in [0.29, 0.717) is 18.6 Å². The van der Waals surface area contributed by atoms with Gasteiger partial charge in [-0.3, -0.25) is 0 Å². The molecule has 1 atom stereocenters. The van der Waals surface area contributed by atoms with Gasteiger partial charge in [-0.05, 0) is 70.0 Å². The Morgan fingerprint density at radius 3 is 2.33 bits per heavy atom. The normalized spacial score (nSPS) is 18.9. The summed E-state index contributed by atoms with van der Waals surface area (Å²) in [5.74, 6) is 1.70. The highest BCUT2D eigenvalue weighted by Crippen LogP contribution is 2.27. The van der Waals surface area contributed by atoms with Crippen molar-refractivity contribution in [1.82, 2.24) is 4.90 Å². The molecule has 1 unspecified atom stereocenters. The number of phenolic OH excluding ortho intramolecular Hbond substituents is 1. The fourth-order valence-electron chi connectivity index (χ4n) is 2.99. The molecule has 0 aromatic heterocycles. The van der Waals surface area contributed by atoms with Crippen LogP contribution >= 0.6 is 0 Å². The van der Waals surface area contributed by atoms with Crippen LogP contribution in [0.2, 0.25) is 0 Å². The second-order valence-corrected chi connectivity index (χ2v) is 6.21. The molecule has 118 valence electrons. The molecule has 4 nitrogen and oxygen atoms in total. The number of likely N-dealkylation sites (tertiary alicyclic amines) is 1. The Morgan fingerprint density at radius 2 is 1.81 bits per heavy atom. The second-order valence-electron chi connectivity index (χ2n) is 6.21. The van der Waals surface area contributed by atoms with Crippen LogP contribution in [-0.4, -0.2) is 47.5 Å². The molecule has 0 amide bonds. The molecule has 1 aromatic carbocycles. The van der Waals surface area contributed by atoms with E-state index in [-0.39, 0.29) is 18.3 Å². The Balaban J connectivity index is 1.82. The standard InChI is InChI=1S/C17H27NO3/c1-13(2)18-9-7-14(8-10-18)15(11-19)12-21-17-5-3-16(20)4-6-17/h3-6,13-15,19-20H,7-12H2,1-2H3. The zero-order valence-electron chi connectivity index (χ0n) is 13.0. The molecular weight excluding hydrogens is 266 g/mol. The number of aliphatic hydroxyl groups is 1. The number of nitrogens with zero attached hydrogens (tertiary/aromatic N) is 1. The Morgan fingerprint density at radius 1 is 1.19 bits per heavy atom. The number of aromatic hydroxyl groups is 1. The summed E-state index contributed by atoms with van der Waals surface area (Å²) in [4.78, 5) is 2.49. The smallest absolute Gasteiger partial charge is 0.119 e. The highest BCUT2D eigenvalue weighted by Gasteiger charge is 2.27. The number of rotatable bonds is 6. The summed E-state index contributed by atoms with van der Waals surface area (Å²) < 4.78 is 5.76. The Labute approximate surface area is 127 Å². The average Bonchev–Trinajstić information content (AvgIpc) is 2.50. The predicted molar refractivity (Wildman–Crippen MR) is 83.6 cm³/mol. The van der Waals surface area contributed by atoms with Crippen LogP contribution in [0.4, 0.5) is 0 Å². The topological polar surface area (TPSA) is 52.9 Å². The third-order valence-corrected chi connectivity index (χ3v) is 4.51. The zero-order chi connectivity index (χ0) is 15.2. The summed E-state index contributed by atoms with van der Waals surface area (Å²) in [7, 11) is 0. The maximum absolute atomic E-state index is 9.64. The molecule has 2 rings (SSSR count). The van der Waals surface area contributed by atoms with Crippen molar-refractivity contribution in [2.75, 3.05) is 26.3 Å². The van der Waals surface area contributed by atoms with Gasteiger partial charge < -0.3 is 19.8 Å². The number of benzene rings is 1. The van der Waals surface area contributed by atoms with E-state index in [2.05, 4.69) is 18.7 Å². The van der Waals surface area contributed by atoms with E-state index < -0.39 is 0 Å². The minimum Gasteiger partial charge on any atom is -0.508 e. The van der Waals surface area contributed by atoms with Crippen LogP contribution in [-0.2, 0) is 0 Å². The SMILES string of the molecule is CC(C)N1CCC(C(CO)COc2ccc(O)cc2)CC1. The first-order chi connectivity index (χ1) is 10.1. The van der Waals surface area contributed by atoms with Crippen LogP contribution in [0.25, 0.3) is 0 Å². The van der Waals surface area contributed by atoms with E-state index in [4.69, 9.17) is 4.74 Å². The quantitative estimate of drug-likeness (QED) is 0.846. The van der Waals surface area contributed by atoms with Gasteiger partial charge in [0.2, 0.25) is 0 Å². The van der Waals surface area contributed by atoms with Gasteiger partial charge >= 0.3 is 0 Å². The monoisotopic (exact) mass is 293 g/mol. The van der Waals surface area contributed by atoms with Gasteiger partial charge in [-0.2, -0.15) is 0 Å². The summed E-state index contributed by atoms with van der Waals surface area (Å²) in [6, 6.07) is 7.34. The molecule has 0 radical (unpaired) electrons. The molecule has 0 saturated carbocycles. The van der Waals surface area contributed by atoms with Crippen LogP contribution < -0.4 is 4.74 Å². The van der Waals surface area contributed by atoms with E-state index in [0.717, 1.165) is 31.7 Å². The molecule has 1 aromatic rings. The van der Waals surface area contributed by atoms with Crippen molar-refractivity contribution in [1.29, 1.82) is 0 Å². The summed E-state index contributed by atoms with van der Waals surface area (Å²) >= 11 is 0. The third kappa shape index (κ3) is 4.61. The zero-order valence-corrected chi connectivity index (χ0v) is 13.0. The predicted octanol–water partition coefficient (Wildman–Crippen LogP) is 2.50. The van der Waals surface area contributed by atoms with Gasteiger partial charge in [-0.25, -0.2) is 0 Å². The van der Waals surface area contributed by atoms with Crippen molar-refractivity contribution in [3.05, 3.63) is 24.3 Å². The van der Waals surface area contributed by atoms with E-state index in [1.54, 1.807) is 24.3 Å². The van der Waals surface area contributed by atoms with Crippen molar-refractivity contribution in [2.45, 2.75) is 32.7 Å². The number of ether oxygens (including phenoxy) is 1. The Hall–Kier alpha value is -1.26. The molecule has 1 saturated heterocycles. The van der Waals surface area contributed by atoms with Crippen molar-refractivity contribution < 1.29 is 14.9 Å². The summed E-state index contributed by atoms with van der Waals surface area (Å²) in [6.07, 6.45) is 2.25. The molecule has 0 aliphatic carbocycles. The van der Waals surface area contributed by atoms with Crippen LogP contribution in [0.3, 0.4) is 0 Å². The molecule has 21 heavy (non-hydrogen) atoms. The van der Waals surface area contributed by atoms with Crippen LogP contribution in [0, 0.1) is 11.8 Å². The maximum Gasteiger partial charge on any atom is 0.119 e. The lowest BCUT2D eigenvalue weighted by Crippen LogP contribution is -2.41. The second kappa shape index (κ2) is 7.66. The van der Waals surface area contributed by atoms with Crippen molar-refractivity contribution in [3.63, 3.8) is 0 Å². The minimum atomic E-state index is 0.171. The third-order valence-electron chi connectivity index (χ3n) is 4.51. The highest BCUT2D eigenvalue weighted by atomic mass is 16.5. The van der Waals surface area contributed by atoms with Crippen molar-refractivity contribution >= 4 is 0 Å². The molecule has 1 aliphatic heterocycles. The number of piperidine rings is 1. The first-order valence-electron chi connectivity index (χ1n) is 7.87. The minimum absolute atomic E-state index is 0.171. The fraction of sp³-hybridized carbons (Fsp3) is 0.647. The molecule has 0 bridgehead atoms. The van der Waals surface area contributed by atoms with Crippen LogP contribution in [0.15, 0.2) is 24.3 Å². The number of phenols is 1. The largest absolute Gasteiger partial charge is 0.508 e. The van der Waals surface area contributed by atoms with Gasteiger partial charge in [0.05, 0.1) is 6.61 Å². The van der Waals surface area contributed by atoms with E-state index in [1.807, 2.05) is 0 Å². The summed E-state index contributed by atoms with van der Waals surface area (Å²) in [6.45, 7) is 7.39. The average molecular weight is 293 g/mol. The van der Waals surface area contributed by atoms with Crippen molar-refractivity contribution in [2.24, 2.45) is 11.8 Å². The first kappa shape index (κ1) is 16.1. The molecule has 2 N–H and O–H groups in total. The van der Waals surface area contributed by atoms with Crippen LogP contribution in [0.5, 0.6) is 11.5 Å². The van der Waals surface area contributed by atoms with E-state index in [9.17, 15) is 10.2 Å². The van der Waals surface area contributed by atoms with Gasteiger partial charge in [0.15, 0.2) is 0 Å². The van der Waals surface area contributed by atoms with Gasteiger partial charge in [0.25, 0.3) is 0 Å². The maximum atomic E-state index is 9.64. The van der Waals surface area contributed by atoms with Crippen LogP contribution in [0.1, 0.15) is 26.7 Å². The molecule has 1 aliphatic rings. The summed E-state index contributed by atoms with van der Waals surface area (Å²) in [5.41, 5.74) is 0. The van der Waals surface area contributed by atoms with Crippen molar-refractivity contribution in [3.8, 4) is 11.5 Å². The molecule has 1 fully saturated rings. The van der Waals surface area contributed by atoms with Gasteiger partial charge in [-0.1, -0.05) is 0 Å².